The lowest BCUT2D eigenvalue weighted by atomic mass is 10.0. The van der Waals surface area contributed by atoms with Crippen LogP contribution in [0.4, 0.5) is 0 Å². The normalized spacial score (nSPS) is 12.4. The molecule has 100 valence electrons. The standard InChI is InChI=1S/C16H15N3O/c17-15(11-19-9-3-8-18-16(19)20)14-7-6-12-4-1-2-5-13(12)10-14/h1-10,15H,11,17H2. The van der Waals surface area contributed by atoms with Crippen molar-refractivity contribution in [3.8, 4) is 0 Å². The third kappa shape index (κ3) is 2.46. The van der Waals surface area contributed by atoms with E-state index in [1.165, 1.54) is 16.2 Å². The number of nitrogens with zero attached hydrogens (tertiary/aromatic N) is 2. The summed E-state index contributed by atoms with van der Waals surface area (Å²) in [5, 5.41) is 2.33. The zero-order valence-corrected chi connectivity index (χ0v) is 10.9. The van der Waals surface area contributed by atoms with Crippen LogP contribution in [0.2, 0.25) is 0 Å². The fourth-order valence-corrected chi connectivity index (χ4v) is 2.28. The Morgan fingerprint density at radius 1 is 1.10 bits per heavy atom. The molecule has 4 nitrogen and oxygen atoms in total. The summed E-state index contributed by atoms with van der Waals surface area (Å²) in [6.07, 6.45) is 3.19. The average Bonchev–Trinajstić information content (AvgIpc) is 2.49. The molecule has 0 aliphatic carbocycles. The van der Waals surface area contributed by atoms with Gasteiger partial charge in [0.1, 0.15) is 0 Å². The number of hydrogen-bond donors (Lipinski definition) is 1. The summed E-state index contributed by atoms with van der Waals surface area (Å²) in [5.74, 6) is 0. The van der Waals surface area contributed by atoms with Crippen LogP contribution in [0, 0.1) is 0 Å². The Morgan fingerprint density at radius 3 is 2.70 bits per heavy atom. The van der Waals surface area contributed by atoms with E-state index in [9.17, 15) is 4.79 Å². The van der Waals surface area contributed by atoms with E-state index in [1.807, 2.05) is 18.2 Å². The zero-order valence-electron chi connectivity index (χ0n) is 10.9. The van der Waals surface area contributed by atoms with Crippen molar-refractivity contribution < 1.29 is 0 Å². The first kappa shape index (κ1) is 12.6. The summed E-state index contributed by atoms with van der Waals surface area (Å²) in [6.45, 7) is 0.422. The number of aromatic nitrogens is 2. The summed E-state index contributed by atoms with van der Waals surface area (Å²) in [5.41, 5.74) is 6.94. The third-order valence-electron chi connectivity index (χ3n) is 3.38. The first-order chi connectivity index (χ1) is 9.74. The molecule has 0 fully saturated rings. The molecule has 20 heavy (non-hydrogen) atoms. The van der Waals surface area contributed by atoms with Crippen molar-refractivity contribution in [3.63, 3.8) is 0 Å². The maximum atomic E-state index is 11.6. The molecule has 4 heteroatoms. The monoisotopic (exact) mass is 265 g/mol. The van der Waals surface area contributed by atoms with Crippen LogP contribution >= 0.6 is 0 Å². The smallest absolute Gasteiger partial charge is 0.322 e. The topological polar surface area (TPSA) is 60.9 Å². The Morgan fingerprint density at radius 2 is 1.90 bits per heavy atom. The predicted molar refractivity (Wildman–Crippen MR) is 79.4 cm³/mol. The van der Waals surface area contributed by atoms with Gasteiger partial charge >= 0.3 is 5.69 Å². The van der Waals surface area contributed by atoms with Crippen LogP contribution in [-0.2, 0) is 6.54 Å². The third-order valence-corrected chi connectivity index (χ3v) is 3.38. The molecule has 0 aliphatic heterocycles. The molecule has 0 aliphatic rings. The second-order valence-electron chi connectivity index (χ2n) is 4.77. The Kier molecular flexibility index (Phi) is 3.31. The van der Waals surface area contributed by atoms with Crippen molar-refractivity contribution >= 4 is 10.8 Å². The van der Waals surface area contributed by atoms with E-state index in [0.717, 1.165) is 10.9 Å². The van der Waals surface area contributed by atoms with Gasteiger partial charge in [0.05, 0.1) is 0 Å². The van der Waals surface area contributed by atoms with E-state index in [1.54, 1.807) is 12.3 Å². The average molecular weight is 265 g/mol. The van der Waals surface area contributed by atoms with Crippen LogP contribution in [0.25, 0.3) is 10.8 Å². The molecule has 1 aromatic heterocycles. The fourth-order valence-electron chi connectivity index (χ4n) is 2.28. The Labute approximate surface area is 116 Å². The number of fused-ring (bicyclic) bond motifs is 1. The number of nitrogens with two attached hydrogens (primary N) is 1. The first-order valence-electron chi connectivity index (χ1n) is 6.50. The van der Waals surface area contributed by atoms with Crippen LogP contribution < -0.4 is 11.4 Å². The van der Waals surface area contributed by atoms with Gasteiger partial charge in [-0.05, 0) is 28.5 Å². The number of hydrogen-bond acceptors (Lipinski definition) is 3. The van der Waals surface area contributed by atoms with Crippen LogP contribution in [0.5, 0.6) is 0 Å². The highest BCUT2D eigenvalue weighted by Gasteiger charge is 2.08. The van der Waals surface area contributed by atoms with Gasteiger partial charge in [0.2, 0.25) is 0 Å². The molecule has 2 aromatic carbocycles. The van der Waals surface area contributed by atoms with Crippen LogP contribution in [-0.4, -0.2) is 9.55 Å². The number of benzene rings is 2. The van der Waals surface area contributed by atoms with Gasteiger partial charge in [0, 0.05) is 25.0 Å². The lowest BCUT2D eigenvalue weighted by Gasteiger charge is -2.14. The van der Waals surface area contributed by atoms with Crippen molar-refractivity contribution in [2.75, 3.05) is 0 Å². The molecule has 0 saturated heterocycles. The minimum atomic E-state index is -0.274. The highest BCUT2D eigenvalue weighted by Crippen LogP contribution is 2.19. The maximum Gasteiger partial charge on any atom is 0.347 e. The lowest BCUT2D eigenvalue weighted by Crippen LogP contribution is -2.27. The van der Waals surface area contributed by atoms with Gasteiger partial charge in [-0.1, -0.05) is 36.4 Å². The quantitative estimate of drug-likeness (QED) is 0.789. The van der Waals surface area contributed by atoms with Crippen molar-refractivity contribution in [2.24, 2.45) is 5.73 Å². The van der Waals surface area contributed by atoms with Crippen molar-refractivity contribution in [2.45, 2.75) is 12.6 Å². The van der Waals surface area contributed by atoms with E-state index in [4.69, 9.17) is 5.73 Å². The second kappa shape index (κ2) is 5.27. The zero-order chi connectivity index (χ0) is 13.9. The van der Waals surface area contributed by atoms with Crippen LogP contribution in [0.3, 0.4) is 0 Å². The number of rotatable bonds is 3. The molecular weight excluding hydrogens is 250 g/mol. The van der Waals surface area contributed by atoms with Gasteiger partial charge in [0.25, 0.3) is 0 Å². The Bertz CT molecular complexity index is 795. The van der Waals surface area contributed by atoms with E-state index in [2.05, 4.69) is 29.2 Å². The molecule has 0 radical (unpaired) electrons. The van der Waals surface area contributed by atoms with Crippen molar-refractivity contribution in [1.82, 2.24) is 9.55 Å². The van der Waals surface area contributed by atoms with E-state index >= 15 is 0 Å². The highest BCUT2D eigenvalue weighted by molar-refractivity contribution is 5.83. The van der Waals surface area contributed by atoms with Gasteiger partial charge < -0.3 is 5.73 Å². The minimum absolute atomic E-state index is 0.235. The van der Waals surface area contributed by atoms with Crippen molar-refractivity contribution in [1.29, 1.82) is 0 Å². The van der Waals surface area contributed by atoms with Crippen LogP contribution in [0.15, 0.2) is 65.7 Å². The van der Waals surface area contributed by atoms with Gasteiger partial charge in [-0.3, -0.25) is 4.57 Å². The minimum Gasteiger partial charge on any atom is -0.322 e. The van der Waals surface area contributed by atoms with Gasteiger partial charge in [-0.25, -0.2) is 9.78 Å². The molecule has 1 atom stereocenters. The predicted octanol–water partition coefficient (Wildman–Crippen LogP) is 2.10. The molecule has 0 spiro atoms. The maximum absolute atomic E-state index is 11.6. The molecule has 1 heterocycles. The van der Waals surface area contributed by atoms with Gasteiger partial charge in [0.15, 0.2) is 0 Å². The molecule has 3 aromatic rings. The Hall–Kier alpha value is -2.46. The van der Waals surface area contributed by atoms with Crippen molar-refractivity contribution in [3.05, 3.63) is 77.0 Å². The van der Waals surface area contributed by atoms with E-state index < -0.39 is 0 Å². The van der Waals surface area contributed by atoms with E-state index in [-0.39, 0.29) is 11.7 Å². The molecule has 2 N–H and O–H groups in total. The molecule has 0 amide bonds. The Balaban J connectivity index is 1.91. The molecule has 1 unspecified atom stereocenters. The fraction of sp³-hybridized carbons (Fsp3) is 0.125. The van der Waals surface area contributed by atoms with Gasteiger partial charge in [-0.15, -0.1) is 0 Å². The summed E-state index contributed by atoms with van der Waals surface area (Å²) in [6, 6.07) is 15.8. The van der Waals surface area contributed by atoms with Gasteiger partial charge in [-0.2, -0.15) is 0 Å². The second-order valence-corrected chi connectivity index (χ2v) is 4.77. The molecule has 0 bridgehead atoms. The molecule has 0 saturated carbocycles. The largest absolute Gasteiger partial charge is 0.347 e. The highest BCUT2D eigenvalue weighted by atomic mass is 16.1. The molecular formula is C16H15N3O. The first-order valence-corrected chi connectivity index (χ1v) is 6.50. The SMILES string of the molecule is NC(Cn1cccnc1=O)c1ccc2ccccc2c1. The van der Waals surface area contributed by atoms with Crippen LogP contribution in [0.1, 0.15) is 11.6 Å². The summed E-state index contributed by atoms with van der Waals surface area (Å²) >= 11 is 0. The summed E-state index contributed by atoms with van der Waals surface area (Å²) in [7, 11) is 0. The lowest BCUT2D eigenvalue weighted by molar-refractivity contribution is 0.551. The van der Waals surface area contributed by atoms with E-state index in [0.29, 0.717) is 6.54 Å². The summed E-state index contributed by atoms with van der Waals surface area (Å²) in [4.78, 5) is 15.3. The molecule has 3 rings (SSSR count). The summed E-state index contributed by atoms with van der Waals surface area (Å²) < 4.78 is 1.53.